The minimum atomic E-state index is -0.303. The molecule has 1 aromatic rings. The summed E-state index contributed by atoms with van der Waals surface area (Å²) in [7, 11) is 1.71. The van der Waals surface area contributed by atoms with Crippen molar-refractivity contribution in [3.8, 4) is 5.75 Å². The first-order valence-electron chi connectivity index (χ1n) is 6.18. The number of methoxy groups -OCH3 is 1. The SMILES string of the molecule is COCCc1ccc(OCC(O)C2CC2)cc1. The third-order valence-electron chi connectivity index (χ3n) is 3.11. The van der Waals surface area contributed by atoms with E-state index in [1.165, 1.54) is 5.56 Å². The van der Waals surface area contributed by atoms with Crippen molar-refractivity contribution in [1.29, 1.82) is 0 Å². The van der Waals surface area contributed by atoms with Crippen LogP contribution in [0, 0.1) is 5.92 Å². The summed E-state index contributed by atoms with van der Waals surface area (Å²) in [5.41, 5.74) is 1.24. The third-order valence-corrected chi connectivity index (χ3v) is 3.11. The second-order valence-electron chi connectivity index (χ2n) is 4.60. The first-order valence-corrected chi connectivity index (χ1v) is 6.18. The molecule has 1 saturated carbocycles. The number of hydrogen-bond donors (Lipinski definition) is 1. The van der Waals surface area contributed by atoms with Gasteiger partial charge in [0.1, 0.15) is 12.4 Å². The average molecular weight is 236 g/mol. The lowest BCUT2D eigenvalue weighted by Gasteiger charge is -2.11. The van der Waals surface area contributed by atoms with Crippen molar-refractivity contribution in [3.05, 3.63) is 29.8 Å². The number of aliphatic hydroxyl groups excluding tert-OH is 1. The Labute approximate surface area is 102 Å². The Balaban J connectivity index is 1.76. The van der Waals surface area contributed by atoms with Crippen molar-refractivity contribution < 1.29 is 14.6 Å². The molecule has 94 valence electrons. The minimum Gasteiger partial charge on any atom is -0.491 e. The van der Waals surface area contributed by atoms with E-state index in [4.69, 9.17) is 9.47 Å². The molecule has 3 heteroatoms. The zero-order valence-corrected chi connectivity index (χ0v) is 10.3. The predicted molar refractivity (Wildman–Crippen MR) is 66.2 cm³/mol. The van der Waals surface area contributed by atoms with Crippen molar-refractivity contribution in [1.82, 2.24) is 0 Å². The molecular weight excluding hydrogens is 216 g/mol. The lowest BCUT2D eigenvalue weighted by atomic mass is 10.1. The highest BCUT2D eigenvalue weighted by atomic mass is 16.5. The van der Waals surface area contributed by atoms with Crippen LogP contribution in [-0.2, 0) is 11.2 Å². The molecule has 0 aromatic heterocycles. The summed E-state index contributed by atoms with van der Waals surface area (Å²) in [6.07, 6.45) is 2.89. The number of benzene rings is 1. The molecule has 0 radical (unpaired) electrons. The second kappa shape index (κ2) is 6.03. The van der Waals surface area contributed by atoms with E-state index < -0.39 is 0 Å². The predicted octanol–water partition coefficient (Wildman–Crippen LogP) is 2.03. The van der Waals surface area contributed by atoms with E-state index in [1.54, 1.807) is 7.11 Å². The molecule has 1 N–H and O–H groups in total. The summed E-state index contributed by atoms with van der Waals surface area (Å²) < 4.78 is 10.6. The maximum Gasteiger partial charge on any atom is 0.119 e. The molecule has 0 saturated heterocycles. The van der Waals surface area contributed by atoms with Gasteiger partial charge in [0.05, 0.1) is 12.7 Å². The minimum absolute atomic E-state index is 0.303. The Morgan fingerprint density at radius 1 is 1.29 bits per heavy atom. The number of ether oxygens (including phenoxy) is 2. The Bertz CT molecular complexity index is 330. The first-order chi connectivity index (χ1) is 8.29. The van der Waals surface area contributed by atoms with E-state index in [2.05, 4.69) is 0 Å². The van der Waals surface area contributed by atoms with Crippen molar-refractivity contribution >= 4 is 0 Å². The van der Waals surface area contributed by atoms with E-state index in [-0.39, 0.29) is 6.10 Å². The topological polar surface area (TPSA) is 38.7 Å². The van der Waals surface area contributed by atoms with Crippen LogP contribution in [0.25, 0.3) is 0 Å². The normalized spacial score (nSPS) is 16.8. The van der Waals surface area contributed by atoms with Crippen LogP contribution in [0.5, 0.6) is 5.75 Å². The van der Waals surface area contributed by atoms with Crippen LogP contribution in [0.4, 0.5) is 0 Å². The molecule has 1 atom stereocenters. The molecule has 1 aromatic carbocycles. The highest BCUT2D eigenvalue weighted by Gasteiger charge is 2.29. The molecule has 3 nitrogen and oxygen atoms in total. The van der Waals surface area contributed by atoms with Crippen molar-refractivity contribution in [2.75, 3.05) is 20.3 Å². The summed E-state index contributed by atoms with van der Waals surface area (Å²) in [5, 5.41) is 9.68. The van der Waals surface area contributed by atoms with Gasteiger partial charge >= 0.3 is 0 Å². The van der Waals surface area contributed by atoms with Gasteiger partial charge in [-0.2, -0.15) is 0 Å². The summed E-state index contributed by atoms with van der Waals surface area (Å²) >= 11 is 0. The Hall–Kier alpha value is -1.06. The highest BCUT2D eigenvalue weighted by molar-refractivity contribution is 5.27. The smallest absolute Gasteiger partial charge is 0.119 e. The fraction of sp³-hybridized carbons (Fsp3) is 0.571. The van der Waals surface area contributed by atoms with Gasteiger partial charge in [-0.1, -0.05) is 12.1 Å². The molecule has 1 unspecified atom stereocenters. The van der Waals surface area contributed by atoms with Gasteiger partial charge in [0.15, 0.2) is 0 Å². The Morgan fingerprint density at radius 2 is 2.00 bits per heavy atom. The van der Waals surface area contributed by atoms with Gasteiger partial charge in [0, 0.05) is 7.11 Å². The van der Waals surface area contributed by atoms with Gasteiger partial charge in [-0.25, -0.2) is 0 Å². The monoisotopic (exact) mass is 236 g/mol. The van der Waals surface area contributed by atoms with Crippen LogP contribution in [-0.4, -0.2) is 31.5 Å². The molecule has 0 amide bonds. The summed E-state index contributed by atoms with van der Waals surface area (Å²) in [4.78, 5) is 0. The number of rotatable bonds is 7. The molecule has 0 aliphatic heterocycles. The quantitative estimate of drug-likeness (QED) is 0.787. The van der Waals surface area contributed by atoms with Crippen molar-refractivity contribution in [2.45, 2.75) is 25.4 Å². The van der Waals surface area contributed by atoms with Crippen LogP contribution in [0.3, 0.4) is 0 Å². The molecule has 0 heterocycles. The lowest BCUT2D eigenvalue weighted by Crippen LogP contribution is -2.19. The molecule has 1 fully saturated rings. The molecule has 1 aliphatic rings. The van der Waals surface area contributed by atoms with Gasteiger partial charge in [-0.3, -0.25) is 0 Å². The maximum atomic E-state index is 9.68. The summed E-state index contributed by atoms with van der Waals surface area (Å²) in [6, 6.07) is 7.98. The van der Waals surface area contributed by atoms with Crippen molar-refractivity contribution in [3.63, 3.8) is 0 Å². The zero-order chi connectivity index (χ0) is 12.1. The van der Waals surface area contributed by atoms with Crippen LogP contribution in [0.15, 0.2) is 24.3 Å². The fourth-order valence-corrected chi connectivity index (χ4v) is 1.77. The zero-order valence-electron chi connectivity index (χ0n) is 10.3. The van der Waals surface area contributed by atoms with E-state index in [1.807, 2.05) is 24.3 Å². The Kier molecular flexibility index (Phi) is 4.40. The largest absolute Gasteiger partial charge is 0.491 e. The van der Waals surface area contributed by atoms with Gasteiger partial charge in [-0.15, -0.1) is 0 Å². The van der Waals surface area contributed by atoms with Crippen LogP contribution >= 0.6 is 0 Å². The molecule has 2 rings (SSSR count). The van der Waals surface area contributed by atoms with Crippen LogP contribution in [0.1, 0.15) is 18.4 Å². The number of aliphatic hydroxyl groups is 1. The highest BCUT2D eigenvalue weighted by Crippen LogP contribution is 2.32. The van der Waals surface area contributed by atoms with Crippen LogP contribution in [0.2, 0.25) is 0 Å². The van der Waals surface area contributed by atoms with Gasteiger partial charge in [0.25, 0.3) is 0 Å². The molecule has 0 bridgehead atoms. The van der Waals surface area contributed by atoms with Crippen LogP contribution < -0.4 is 4.74 Å². The Morgan fingerprint density at radius 3 is 2.59 bits per heavy atom. The van der Waals surface area contributed by atoms with E-state index in [0.29, 0.717) is 12.5 Å². The second-order valence-corrected chi connectivity index (χ2v) is 4.60. The lowest BCUT2D eigenvalue weighted by molar-refractivity contribution is 0.0894. The van der Waals surface area contributed by atoms with Crippen molar-refractivity contribution in [2.24, 2.45) is 5.92 Å². The standard InChI is InChI=1S/C14H20O3/c1-16-9-8-11-2-6-13(7-3-11)17-10-14(15)12-4-5-12/h2-3,6-7,12,14-15H,4-5,8-10H2,1H3. The summed E-state index contributed by atoms with van der Waals surface area (Å²) in [5.74, 6) is 1.29. The maximum absolute atomic E-state index is 9.68. The first kappa shape index (κ1) is 12.4. The average Bonchev–Trinajstić information content (AvgIpc) is 3.19. The molecule has 1 aliphatic carbocycles. The number of hydrogen-bond acceptors (Lipinski definition) is 3. The van der Waals surface area contributed by atoms with E-state index >= 15 is 0 Å². The van der Waals surface area contributed by atoms with Gasteiger partial charge in [-0.05, 0) is 42.9 Å². The molecule has 0 spiro atoms. The van der Waals surface area contributed by atoms with Gasteiger partial charge < -0.3 is 14.6 Å². The van der Waals surface area contributed by atoms with Gasteiger partial charge in [0.2, 0.25) is 0 Å². The molecule has 17 heavy (non-hydrogen) atoms. The fourth-order valence-electron chi connectivity index (χ4n) is 1.77. The molecular formula is C14H20O3. The third kappa shape index (κ3) is 4.02. The van der Waals surface area contributed by atoms with E-state index in [9.17, 15) is 5.11 Å². The van der Waals surface area contributed by atoms with E-state index in [0.717, 1.165) is 31.6 Å². The summed E-state index contributed by atoms with van der Waals surface area (Å²) in [6.45, 7) is 1.14.